The molecule has 0 radical (unpaired) electrons. The molecule has 26 heavy (non-hydrogen) atoms. The van der Waals surface area contributed by atoms with Gasteiger partial charge < -0.3 is 15.4 Å². The van der Waals surface area contributed by atoms with E-state index in [1.165, 1.54) is 30.0 Å². The van der Waals surface area contributed by atoms with Gasteiger partial charge in [-0.1, -0.05) is 17.4 Å². The van der Waals surface area contributed by atoms with Crippen LogP contribution in [0, 0.1) is 6.92 Å². The van der Waals surface area contributed by atoms with E-state index in [0.717, 1.165) is 21.9 Å². The van der Waals surface area contributed by atoms with Crippen molar-refractivity contribution in [1.29, 1.82) is 0 Å². The van der Waals surface area contributed by atoms with E-state index in [1.54, 1.807) is 19.4 Å². The summed E-state index contributed by atoms with van der Waals surface area (Å²) >= 11 is 2.55. The molecule has 0 atom stereocenters. The summed E-state index contributed by atoms with van der Waals surface area (Å²) < 4.78 is 5.29. The average Bonchev–Trinajstić information content (AvgIpc) is 3.16. The minimum Gasteiger partial charge on any atom is -0.496 e. The van der Waals surface area contributed by atoms with E-state index in [2.05, 4.69) is 20.6 Å². The second-order valence-corrected chi connectivity index (χ2v) is 7.43. The lowest BCUT2D eigenvalue weighted by atomic mass is 10.2. The first kappa shape index (κ1) is 18.2. The molecular formula is C17H16N4O3S2. The number of carbonyl (C=O) groups excluding carboxylic acids is 2. The lowest BCUT2D eigenvalue weighted by Gasteiger charge is -2.06. The van der Waals surface area contributed by atoms with Gasteiger partial charge in [0.25, 0.3) is 5.91 Å². The van der Waals surface area contributed by atoms with Crippen molar-refractivity contribution < 1.29 is 14.3 Å². The molecule has 0 spiro atoms. The Morgan fingerprint density at radius 2 is 2.23 bits per heavy atom. The minimum absolute atomic E-state index is 0.186. The van der Waals surface area contributed by atoms with E-state index < -0.39 is 0 Å². The third kappa shape index (κ3) is 4.12. The first-order valence-corrected chi connectivity index (χ1v) is 9.26. The molecule has 1 aliphatic rings. The van der Waals surface area contributed by atoms with Crippen LogP contribution in [-0.2, 0) is 9.59 Å². The number of aromatic nitrogens is 1. The molecule has 2 N–H and O–H groups in total. The van der Waals surface area contributed by atoms with Crippen molar-refractivity contribution in [2.75, 3.05) is 12.4 Å². The fourth-order valence-corrected chi connectivity index (χ4v) is 3.93. The number of nitrogens with zero attached hydrogens (tertiary/aromatic N) is 2. The topological polar surface area (TPSA) is 92.7 Å². The second-order valence-electron chi connectivity index (χ2n) is 5.34. The Kier molecular flexibility index (Phi) is 5.38. The number of rotatable bonds is 4. The molecule has 1 aromatic heterocycles. The van der Waals surface area contributed by atoms with Crippen LogP contribution in [0.1, 0.15) is 17.4 Å². The Labute approximate surface area is 158 Å². The van der Waals surface area contributed by atoms with Crippen molar-refractivity contribution in [3.05, 3.63) is 39.7 Å². The van der Waals surface area contributed by atoms with E-state index in [9.17, 15) is 9.59 Å². The maximum atomic E-state index is 12.2. The van der Waals surface area contributed by atoms with Gasteiger partial charge in [0.1, 0.15) is 5.75 Å². The molecule has 134 valence electrons. The summed E-state index contributed by atoms with van der Waals surface area (Å²) in [5.74, 6) is 0.338. The maximum Gasteiger partial charge on any atom is 0.264 e. The van der Waals surface area contributed by atoms with Gasteiger partial charge in [-0.25, -0.2) is 9.98 Å². The normalized spacial score (nSPS) is 16.8. The number of thioether (sulfide) groups is 1. The number of aliphatic imine (C=N–C) groups is 1. The zero-order chi connectivity index (χ0) is 18.7. The van der Waals surface area contributed by atoms with Crippen LogP contribution < -0.4 is 15.4 Å². The number of ether oxygens (including phenoxy) is 1. The number of amides is 2. The molecule has 9 heteroatoms. The SMILES string of the molecule is COc1cccc(N=C2NC(=O)C(=Cc3cnc(NC(C)=O)s3)S2)c1C. The molecule has 3 rings (SSSR count). The highest BCUT2D eigenvalue weighted by atomic mass is 32.2. The van der Waals surface area contributed by atoms with Crippen molar-refractivity contribution >= 4 is 57.0 Å². The van der Waals surface area contributed by atoms with Gasteiger partial charge in [-0.15, -0.1) is 0 Å². The number of amidine groups is 1. The molecule has 1 aromatic carbocycles. The second kappa shape index (κ2) is 7.71. The standard InChI is InChI=1S/C17H16N4O3S2/c1-9-12(5-4-6-13(9)24-3)20-17-21-15(23)14(26-17)7-11-8-18-16(25-11)19-10(2)22/h4-8H,1-3H3,(H,18,19,22)(H,20,21,23). The number of methoxy groups -OCH3 is 1. The molecule has 0 saturated carbocycles. The fourth-order valence-electron chi connectivity index (χ4n) is 2.23. The van der Waals surface area contributed by atoms with Gasteiger partial charge in [-0.05, 0) is 36.9 Å². The highest BCUT2D eigenvalue weighted by molar-refractivity contribution is 8.18. The monoisotopic (exact) mass is 388 g/mol. The van der Waals surface area contributed by atoms with Gasteiger partial charge in [-0.3, -0.25) is 9.59 Å². The van der Waals surface area contributed by atoms with Crippen LogP contribution in [0.15, 0.2) is 34.3 Å². The predicted octanol–water partition coefficient (Wildman–Crippen LogP) is 3.31. The quantitative estimate of drug-likeness (QED) is 0.784. The van der Waals surface area contributed by atoms with Crippen LogP contribution in [0.5, 0.6) is 5.75 Å². The Morgan fingerprint density at radius 3 is 2.96 bits per heavy atom. The lowest BCUT2D eigenvalue weighted by Crippen LogP contribution is -2.19. The lowest BCUT2D eigenvalue weighted by molar-refractivity contribution is -0.115. The van der Waals surface area contributed by atoms with Crippen LogP contribution >= 0.6 is 23.1 Å². The maximum absolute atomic E-state index is 12.2. The van der Waals surface area contributed by atoms with E-state index in [4.69, 9.17) is 4.74 Å². The fraction of sp³-hybridized carbons (Fsp3) is 0.176. The van der Waals surface area contributed by atoms with E-state index in [1.807, 2.05) is 25.1 Å². The molecule has 2 aromatic rings. The molecule has 0 aliphatic carbocycles. The number of hydrogen-bond acceptors (Lipinski definition) is 7. The van der Waals surface area contributed by atoms with Crippen molar-refractivity contribution in [2.45, 2.75) is 13.8 Å². The number of benzene rings is 1. The number of carbonyl (C=O) groups is 2. The first-order valence-electron chi connectivity index (χ1n) is 7.63. The Bertz CT molecular complexity index is 934. The number of anilines is 1. The summed E-state index contributed by atoms with van der Waals surface area (Å²) in [6.45, 7) is 3.33. The van der Waals surface area contributed by atoms with Crippen LogP contribution in [0.25, 0.3) is 6.08 Å². The van der Waals surface area contributed by atoms with Gasteiger partial charge in [0, 0.05) is 18.7 Å². The van der Waals surface area contributed by atoms with Crippen LogP contribution in [0.3, 0.4) is 0 Å². The van der Waals surface area contributed by atoms with Crippen LogP contribution in [0.4, 0.5) is 10.8 Å². The summed E-state index contributed by atoms with van der Waals surface area (Å²) in [5, 5.41) is 6.37. The van der Waals surface area contributed by atoms with Crippen molar-refractivity contribution in [2.24, 2.45) is 4.99 Å². The molecule has 2 amide bonds. The zero-order valence-electron chi connectivity index (χ0n) is 14.3. The molecule has 7 nitrogen and oxygen atoms in total. The first-order chi connectivity index (χ1) is 12.5. The minimum atomic E-state index is -0.219. The van der Waals surface area contributed by atoms with Gasteiger partial charge >= 0.3 is 0 Å². The summed E-state index contributed by atoms with van der Waals surface area (Å²) in [4.78, 5) is 33.1. The molecule has 2 heterocycles. The van der Waals surface area contributed by atoms with Crippen molar-refractivity contribution in [3.8, 4) is 5.75 Å². The molecule has 1 fully saturated rings. The predicted molar refractivity (Wildman–Crippen MR) is 105 cm³/mol. The Morgan fingerprint density at radius 1 is 1.42 bits per heavy atom. The third-order valence-electron chi connectivity index (χ3n) is 3.43. The van der Waals surface area contributed by atoms with Gasteiger partial charge in [0.15, 0.2) is 10.3 Å². The highest BCUT2D eigenvalue weighted by Crippen LogP contribution is 2.32. The third-order valence-corrected chi connectivity index (χ3v) is 5.20. The average molecular weight is 388 g/mol. The molecule has 1 aliphatic heterocycles. The number of thiazole rings is 1. The molecular weight excluding hydrogens is 372 g/mol. The molecule has 1 saturated heterocycles. The van der Waals surface area contributed by atoms with E-state index in [0.29, 0.717) is 15.2 Å². The zero-order valence-corrected chi connectivity index (χ0v) is 16.0. The molecule has 0 bridgehead atoms. The van der Waals surface area contributed by atoms with E-state index >= 15 is 0 Å². The van der Waals surface area contributed by atoms with Crippen molar-refractivity contribution in [1.82, 2.24) is 10.3 Å². The number of hydrogen-bond donors (Lipinski definition) is 2. The van der Waals surface area contributed by atoms with Gasteiger partial charge in [0.05, 0.1) is 22.6 Å². The largest absolute Gasteiger partial charge is 0.496 e. The Balaban J connectivity index is 1.80. The number of nitrogens with one attached hydrogen (secondary N) is 2. The highest BCUT2D eigenvalue weighted by Gasteiger charge is 2.24. The van der Waals surface area contributed by atoms with Gasteiger partial charge in [-0.2, -0.15) is 0 Å². The van der Waals surface area contributed by atoms with E-state index in [-0.39, 0.29) is 11.8 Å². The van der Waals surface area contributed by atoms with Crippen molar-refractivity contribution in [3.63, 3.8) is 0 Å². The summed E-state index contributed by atoms with van der Waals surface area (Å²) in [5.41, 5.74) is 1.64. The summed E-state index contributed by atoms with van der Waals surface area (Å²) in [7, 11) is 1.61. The van der Waals surface area contributed by atoms with Crippen LogP contribution in [-0.4, -0.2) is 29.1 Å². The summed E-state index contributed by atoms with van der Waals surface area (Å²) in [6.07, 6.45) is 3.34. The van der Waals surface area contributed by atoms with Gasteiger partial charge in [0.2, 0.25) is 5.91 Å². The Hall–Kier alpha value is -2.65. The smallest absolute Gasteiger partial charge is 0.264 e. The molecule has 0 unspecified atom stereocenters. The van der Waals surface area contributed by atoms with Crippen LogP contribution in [0.2, 0.25) is 0 Å². The summed E-state index contributed by atoms with van der Waals surface area (Å²) in [6, 6.07) is 5.58.